The Morgan fingerprint density at radius 2 is 2.03 bits per heavy atom. The molecule has 1 saturated heterocycles. The van der Waals surface area contributed by atoms with Gasteiger partial charge in [-0.25, -0.2) is 19.0 Å². The number of urea groups is 1. The van der Waals surface area contributed by atoms with Crippen LogP contribution in [0, 0.1) is 5.82 Å². The van der Waals surface area contributed by atoms with Crippen molar-refractivity contribution in [2.75, 3.05) is 43.0 Å². The molecule has 1 aromatic carbocycles. The van der Waals surface area contributed by atoms with E-state index in [2.05, 4.69) is 31.1 Å². The third-order valence-electron chi connectivity index (χ3n) is 4.54. The molecular formula is C20H22BrFN4O3. The van der Waals surface area contributed by atoms with Crippen molar-refractivity contribution < 1.29 is 18.7 Å². The number of benzene rings is 1. The number of rotatable bonds is 4. The van der Waals surface area contributed by atoms with E-state index in [4.69, 9.17) is 4.74 Å². The van der Waals surface area contributed by atoms with Crippen LogP contribution in [0.2, 0.25) is 0 Å². The molecule has 0 atom stereocenters. The first-order chi connectivity index (χ1) is 14.0. The Balaban J connectivity index is 1.59. The lowest BCUT2D eigenvalue weighted by Crippen LogP contribution is -2.38. The molecule has 0 spiro atoms. The zero-order valence-electron chi connectivity index (χ0n) is 16.0. The van der Waals surface area contributed by atoms with Crippen molar-refractivity contribution in [1.82, 2.24) is 9.88 Å². The molecule has 1 fully saturated rings. The second-order valence-electron chi connectivity index (χ2n) is 6.51. The fraction of sp³-hybridized carbons (Fsp3) is 0.350. The van der Waals surface area contributed by atoms with Gasteiger partial charge in [-0.15, -0.1) is 0 Å². The van der Waals surface area contributed by atoms with E-state index in [1.54, 1.807) is 24.0 Å². The predicted octanol–water partition coefficient (Wildman–Crippen LogP) is 3.90. The smallest absolute Gasteiger partial charge is 0.339 e. The summed E-state index contributed by atoms with van der Waals surface area (Å²) < 4.78 is 18.7. The number of nitrogens with zero attached hydrogens (tertiary/aromatic N) is 3. The predicted molar refractivity (Wildman–Crippen MR) is 112 cm³/mol. The van der Waals surface area contributed by atoms with Crippen LogP contribution in [0.3, 0.4) is 0 Å². The molecule has 1 N–H and O–H groups in total. The van der Waals surface area contributed by atoms with Gasteiger partial charge in [0.25, 0.3) is 0 Å². The first kappa shape index (κ1) is 21.0. The maximum absolute atomic E-state index is 13.2. The highest BCUT2D eigenvalue weighted by Gasteiger charge is 2.21. The maximum Gasteiger partial charge on any atom is 0.339 e. The van der Waals surface area contributed by atoms with Crippen molar-refractivity contribution in [3.63, 3.8) is 0 Å². The SMILES string of the molecule is CCOC(=O)c1ccc(N2CCCN(C(=O)Nc3ccc(F)cc3Br)CC2)nc1. The number of halogens is 2. The Hall–Kier alpha value is -2.68. The average molecular weight is 465 g/mol. The molecule has 0 bridgehead atoms. The van der Waals surface area contributed by atoms with Crippen LogP contribution >= 0.6 is 15.9 Å². The molecule has 7 nitrogen and oxygen atoms in total. The number of hydrogen-bond acceptors (Lipinski definition) is 5. The maximum atomic E-state index is 13.2. The number of aromatic nitrogens is 1. The number of carbonyl (C=O) groups is 2. The lowest BCUT2D eigenvalue weighted by molar-refractivity contribution is 0.0526. The normalized spacial score (nSPS) is 14.3. The Labute approximate surface area is 177 Å². The molecule has 0 radical (unpaired) electrons. The fourth-order valence-electron chi connectivity index (χ4n) is 3.04. The van der Waals surface area contributed by atoms with Gasteiger partial charge in [0.1, 0.15) is 11.6 Å². The highest BCUT2D eigenvalue weighted by Crippen LogP contribution is 2.23. The van der Waals surface area contributed by atoms with Crippen LogP contribution in [0.5, 0.6) is 0 Å². The topological polar surface area (TPSA) is 74.8 Å². The highest BCUT2D eigenvalue weighted by molar-refractivity contribution is 9.10. The van der Waals surface area contributed by atoms with Gasteiger partial charge in [0.05, 0.1) is 17.9 Å². The summed E-state index contributed by atoms with van der Waals surface area (Å²) in [7, 11) is 0. The van der Waals surface area contributed by atoms with E-state index in [0.717, 1.165) is 18.8 Å². The van der Waals surface area contributed by atoms with E-state index in [0.29, 0.717) is 42.0 Å². The van der Waals surface area contributed by atoms with Crippen LogP contribution in [-0.4, -0.2) is 54.7 Å². The van der Waals surface area contributed by atoms with E-state index in [9.17, 15) is 14.0 Å². The largest absolute Gasteiger partial charge is 0.462 e. The summed E-state index contributed by atoms with van der Waals surface area (Å²) in [5.41, 5.74) is 0.935. The fourth-order valence-corrected chi connectivity index (χ4v) is 3.49. The molecule has 2 aromatic rings. The Morgan fingerprint density at radius 3 is 2.72 bits per heavy atom. The summed E-state index contributed by atoms with van der Waals surface area (Å²) in [6, 6.07) is 7.39. The van der Waals surface area contributed by atoms with Crippen LogP contribution < -0.4 is 10.2 Å². The molecule has 2 amide bonds. The molecular weight excluding hydrogens is 443 g/mol. The van der Waals surface area contributed by atoms with Gasteiger partial charge in [-0.05, 0) is 59.6 Å². The number of carbonyl (C=O) groups excluding carboxylic acids is 2. The van der Waals surface area contributed by atoms with Crippen molar-refractivity contribution in [2.45, 2.75) is 13.3 Å². The Morgan fingerprint density at radius 1 is 1.21 bits per heavy atom. The van der Waals surface area contributed by atoms with Crippen molar-refractivity contribution in [2.24, 2.45) is 0 Å². The molecule has 1 aliphatic rings. The van der Waals surface area contributed by atoms with Crippen molar-refractivity contribution >= 4 is 39.4 Å². The summed E-state index contributed by atoms with van der Waals surface area (Å²) in [5.74, 6) is -0.0134. The summed E-state index contributed by atoms with van der Waals surface area (Å²) in [6.07, 6.45) is 2.29. The Bertz CT molecular complexity index is 879. The number of pyridine rings is 1. The van der Waals surface area contributed by atoms with Gasteiger partial charge < -0.3 is 19.9 Å². The summed E-state index contributed by atoms with van der Waals surface area (Å²) in [5, 5.41) is 2.81. The lowest BCUT2D eigenvalue weighted by atomic mass is 10.2. The summed E-state index contributed by atoms with van der Waals surface area (Å²) in [6.45, 7) is 4.56. The van der Waals surface area contributed by atoms with E-state index >= 15 is 0 Å². The molecule has 0 unspecified atom stereocenters. The molecule has 1 aliphatic heterocycles. The summed E-state index contributed by atoms with van der Waals surface area (Å²) in [4.78, 5) is 32.5. The molecule has 3 rings (SSSR count). The minimum atomic E-state index is -0.391. The van der Waals surface area contributed by atoms with Crippen molar-refractivity contribution in [3.8, 4) is 0 Å². The molecule has 0 aliphatic carbocycles. The molecule has 1 aromatic heterocycles. The van der Waals surface area contributed by atoms with E-state index < -0.39 is 5.97 Å². The van der Waals surface area contributed by atoms with Crippen LogP contribution in [0.25, 0.3) is 0 Å². The van der Waals surface area contributed by atoms with Crippen molar-refractivity contribution in [1.29, 1.82) is 0 Å². The summed E-state index contributed by atoms with van der Waals surface area (Å²) >= 11 is 3.26. The quantitative estimate of drug-likeness (QED) is 0.694. The first-order valence-corrected chi connectivity index (χ1v) is 10.2. The van der Waals surface area contributed by atoms with Gasteiger partial charge in [0, 0.05) is 36.8 Å². The van der Waals surface area contributed by atoms with Gasteiger partial charge in [-0.1, -0.05) is 0 Å². The van der Waals surface area contributed by atoms with Crippen molar-refractivity contribution in [3.05, 3.63) is 52.4 Å². The average Bonchev–Trinajstić information content (AvgIpc) is 2.97. The minimum absolute atomic E-state index is 0.232. The molecule has 29 heavy (non-hydrogen) atoms. The Kier molecular flexibility index (Phi) is 7.03. The number of esters is 1. The lowest BCUT2D eigenvalue weighted by Gasteiger charge is -2.23. The van der Waals surface area contributed by atoms with Gasteiger partial charge in [0.15, 0.2) is 0 Å². The highest BCUT2D eigenvalue weighted by atomic mass is 79.9. The number of amides is 2. The van der Waals surface area contributed by atoms with Gasteiger partial charge >= 0.3 is 12.0 Å². The molecule has 9 heteroatoms. The number of ether oxygens (including phenoxy) is 1. The van der Waals surface area contributed by atoms with E-state index in [1.165, 1.54) is 24.4 Å². The first-order valence-electron chi connectivity index (χ1n) is 9.37. The van der Waals surface area contributed by atoms with Gasteiger partial charge in [-0.3, -0.25) is 0 Å². The zero-order chi connectivity index (χ0) is 20.8. The minimum Gasteiger partial charge on any atom is -0.462 e. The van der Waals surface area contributed by atoms with Crippen LogP contribution in [-0.2, 0) is 4.74 Å². The van der Waals surface area contributed by atoms with E-state index in [1.807, 2.05) is 0 Å². The van der Waals surface area contributed by atoms with Gasteiger partial charge in [0.2, 0.25) is 0 Å². The number of hydrogen-bond donors (Lipinski definition) is 1. The monoisotopic (exact) mass is 464 g/mol. The molecule has 0 saturated carbocycles. The second kappa shape index (κ2) is 9.69. The number of nitrogens with one attached hydrogen (secondary N) is 1. The van der Waals surface area contributed by atoms with E-state index in [-0.39, 0.29) is 11.8 Å². The van der Waals surface area contributed by atoms with Gasteiger partial charge in [-0.2, -0.15) is 0 Å². The molecule has 2 heterocycles. The number of anilines is 2. The second-order valence-corrected chi connectivity index (χ2v) is 7.36. The third-order valence-corrected chi connectivity index (χ3v) is 5.19. The molecule has 154 valence electrons. The van der Waals surface area contributed by atoms with Crippen LogP contribution in [0.1, 0.15) is 23.7 Å². The zero-order valence-corrected chi connectivity index (χ0v) is 17.6. The standard InChI is InChI=1S/C20H22BrFN4O3/c1-2-29-19(27)14-4-7-18(23-13-14)25-8-3-9-26(11-10-25)20(28)24-17-6-5-15(22)12-16(17)21/h4-7,12-13H,2-3,8-11H2,1H3,(H,24,28). The van der Waals surface area contributed by atoms with Crippen LogP contribution in [0.4, 0.5) is 20.7 Å². The van der Waals surface area contributed by atoms with Crippen LogP contribution in [0.15, 0.2) is 41.0 Å². The third kappa shape index (κ3) is 5.44.